The van der Waals surface area contributed by atoms with Crippen LogP contribution in [0.3, 0.4) is 0 Å². The van der Waals surface area contributed by atoms with E-state index in [0.717, 1.165) is 19.6 Å². The molecule has 0 radical (unpaired) electrons. The summed E-state index contributed by atoms with van der Waals surface area (Å²) in [5, 5.41) is 6.65. The summed E-state index contributed by atoms with van der Waals surface area (Å²) in [5.41, 5.74) is 1.17. The summed E-state index contributed by atoms with van der Waals surface area (Å²) in [6.07, 6.45) is 0.279. The SMILES string of the molecule is COC(C)CNCCNc1ccccc1. The molecule has 3 heteroatoms. The predicted octanol–water partition coefficient (Wildman–Crippen LogP) is 1.72. The molecule has 0 aliphatic heterocycles. The molecule has 0 heterocycles. The number of hydrogen-bond donors (Lipinski definition) is 2. The van der Waals surface area contributed by atoms with Crippen LogP contribution in [0.15, 0.2) is 30.3 Å². The molecule has 2 N–H and O–H groups in total. The fraction of sp³-hybridized carbons (Fsp3) is 0.500. The summed E-state index contributed by atoms with van der Waals surface area (Å²) in [7, 11) is 1.73. The van der Waals surface area contributed by atoms with Gasteiger partial charge >= 0.3 is 0 Å². The molecule has 1 aromatic rings. The number of benzene rings is 1. The van der Waals surface area contributed by atoms with Crippen molar-refractivity contribution in [2.75, 3.05) is 32.1 Å². The van der Waals surface area contributed by atoms with Crippen LogP contribution in [0.2, 0.25) is 0 Å². The first-order valence-electron chi connectivity index (χ1n) is 5.35. The van der Waals surface area contributed by atoms with E-state index in [1.54, 1.807) is 7.11 Å². The topological polar surface area (TPSA) is 33.3 Å². The zero-order chi connectivity index (χ0) is 10.9. The van der Waals surface area contributed by atoms with E-state index in [0.29, 0.717) is 0 Å². The zero-order valence-corrected chi connectivity index (χ0v) is 9.49. The number of para-hydroxylation sites is 1. The standard InChI is InChI=1S/C12H20N2O/c1-11(15-2)10-13-8-9-14-12-6-4-3-5-7-12/h3-7,11,13-14H,8-10H2,1-2H3. The van der Waals surface area contributed by atoms with Crippen molar-refractivity contribution in [1.29, 1.82) is 0 Å². The molecule has 0 aromatic heterocycles. The molecule has 0 saturated heterocycles. The van der Waals surface area contributed by atoms with Gasteiger partial charge < -0.3 is 15.4 Å². The third kappa shape index (κ3) is 5.40. The Labute approximate surface area is 91.8 Å². The largest absolute Gasteiger partial charge is 0.384 e. The Morgan fingerprint density at radius 1 is 1.20 bits per heavy atom. The van der Waals surface area contributed by atoms with Crippen molar-refractivity contribution in [2.45, 2.75) is 13.0 Å². The van der Waals surface area contributed by atoms with Crippen LogP contribution in [0, 0.1) is 0 Å². The van der Waals surface area contributed by atoms with Crippen molar-refractivity contribution in [1.82, 2.24) is 5.32 Å². The van der Waals surface area contributed by atoms with Gasteiger partial charge in [-0.25, -0.2) is 0 Å². The molecular weight excluding hydrogens is 188 g/mol. The van der Waals surface area contributed by atoms with Gasteiger partial charge in [0.1, 0.15) is 0 Å². The molecular formula is C12H20N2O. The van der Waals surface area contributed by atoms with Crippen molar-refractivity contribution in [3.05, 3.63) is 30.3 Å². The lowest BCUT2D eigenvalue weighted by atomic mass is 10.3. The van der Waals surface area contributed by atoms with Gasteiger partial charge in [-0.3, -0.25) is 0 Å². The van der Waals surface area contributed by atoms with Crippen LogP contribution >= 0.6 is 0 Å². The van der Waals surface area contributed by atoms with Gasteiger partial charge in [0.2, 0.25) is 0 Å². The molecule has 0 amide bonds. The van der Waals surface area contributed by atoms with Gasteiger partial charge in [-0.05, 0) is 19.1 Å². The Morgan fingerprint density at radius 2 is 1.93 bits per heavy atom. The van der Waals surface area contributed by atoms with E-state index < -0.39 is 0 Å². The maximum absolute atomic E-state index is 5.13. The van der Waals surface area contributed by atoms with Crippen molar-refractivity contribution < 1.29 is 4.74 Å². The minimum absolute atomic E-state index is 0.279. The number of nitrogens with one attached hydrogen (secondary N) is 2. The van der Waals surface area contributed by atoms with Gasteiger partial charge in [0, 0.05) is 32.4 Å². The van der Waals surface area contributed by atoms with E-state index in [-0.39, 0.29) is 6.10 Å². The van der Waals surface area contributed by atoms with Crippen molar-refractivity contribution in [3.63, 3.8) is 0 Å². The van der Waals surface area contributed by atoms with Crippen LogP contribution in [-0.2, 0) is 4.74 Å². The lowest BCUT2D eigenvalue weighted by Gasteiger charge is -2.11. The average molecular weight is 208 g/mol. The number of anilines is 1. The van der Waals surface area contributed by atoms with Gasteiger partial charge in [-0.15, -0.1) is 0 Å². The molecule has 0 spiro atoms. The molecule has 1 atom stereocenters. The highest BCUT2D eigenvalue weighted by Crippen LogP contribution is 2.03. The number of ether oxygens (including phenoxy) is 1. The Hall–Kier alpha value is -1.06. The lowest BCUT2D eigenvalue weighted by Crippen LogP contribution is -2.29. The quantitative estimate of drug-likeness (QED) is 0.669. The van der Waals surface area contributed by atoms with E-state index >= 15 is 0 Å². The first kappa shape index (κ1) is 12.0. The lowest BCUT2D eigenvalue weighted by molar-refractivity contribution is 0.117. The molecule has 0 aliphatic rings. The molecule has 3 nitrogen and oxygen atoms in total. The number of methoxy groups -OCH3 is 1. The first-order chi connectivity index (χ1) is 7.33. The second-order valence-corrected chi connectivity index (χ2v) is 3.54. The highest BCUT2D eigenvalue weighted by molar-refractivity contribution is 5.42. The average Bonchev–Trinajstić information content (AvgIpc) is 2.29. The van der Waals surface area contributed by atoms with E-state index in [9.17, 15) is 0 Å². The van der Waals surface area contributed by atoms with E-state index in [4.69, 9.17) is 4.74 Å². The van der Waals surface area contributed by atoms with Gasteiger partial charge in [-0.2, -0.15) is 0 Å². The number of hydrogen-bond acceptors (Lipinski definition) is 3. The monoisotopic (exact) mass is 208 g/mol. The molecule has 0 bridgehead atoms. The maximum Gasteiger partial charge on any atom is 0.0667 e. The Kier molecular flexibility index (Phi) is 5.81. The molecule has 15 heavy (non-hydrogen) atoms. The molecule has 0 fully saturated rings. The van der Waals surface area contributed by atoms with Crippen LogP contribution in [0.5, 0.6) is 0 Å². The molecule has 0 aliphatic carbocycles. The molecule has 1 unspecified atom stereocenters. The molecule has 1 aromatic carbocycles. The summed E-state index contributed by atoms with van der Waals surface area (Å²) < 4.78 is 5.13. The van der Waals surface area contributed by atoms with Crippen molar-refractivity contribution >= 4 is 5.69 Å². The molecule has 0 saturated carbocycles. The summed E-state index contributed by atoms with van der Waals surface area (Å²) >= 11 is 0. The van der Waals surface area contributed by atoms with Gasteiger partial charge in [0.15, 0.2) is 0 Å². The van der Waals surface area contributed by atoms with Crippen LogP contribution < -0.4 is 10.6 Å². The normalized spacial score (nSPS) is 12.4. The van der Waals surface area contributed by atoms with Crippen LogP contribution in [0.4, 0.5) is 5.69 Å². The maximum atomic E-state index is 5.13. The van der Waals surface area contributed by atoms with Gasteiger partial charge in [0.25, 0.3) is 0 Å². The Morgan fingerprint density at radius 3 is 2.60 bits per heavy atom. The summed E-state index contributed by atoms with van der Waals surface area (Å²) in [6, 6.07) is 10.2. The minimum Gasteiger partial charge on any atom is -0.384 e. The van der Waals surface area contributed by atoms with Crippen LogP contribution in [0.25, 0.3) is 0 Å². The first-order valence-corrected chi connectivity index (χ1v) is 5.35. The second kappa shape index (κ2) is 7.26. The highest BCUT2D eigenvalue weighted by Gasteiger charge is 1.96. The number of rotatable bonds is 7. The smallest absolute Gasteiger partial charge is 0.0667 e. The summed E-state index contributed by atoms with van der Waals surface area (Å²) in [6.45, 7) is 4.83. The molecule has 84 valence electrons. The van der Waals surface area contributed by atoms with E-state index in [1.807, 2.05) is 18.2 Å². The molecule has 1 rings (SSSR count). The van der Waals surface area contributed by atoms with E-state index in [1.165, 1.54) is 5.69 Å². The zero-order valence-electron chi connectivity index (χ0n) is 9.49. The second-order valence-electron chi connectivity index (χ2n) is 3.54. The summed E-state index contributed by atoms with van der Waals surface area (Å²) in [5.74, 6) is 0. The van der Waals surface area contributed by atoms with Gasteiger partial charge in [-0.1, -0.05) is 18.2 Å². The van der Waals surface area contributed by atoms with Crippen molar-refractivity contribution in [2.24, 2.45) is 0 Å². The fourth-order valence-corrected chi connectivity index (χ4v) is 1.24. The Balaban J connectivity index is 2.03. The minimum atomic E-state index is 0.279. The highest BCUT2D eigenvalue weighted by atomic mass is 16.5. The third-order valence-electron chi connectivity index (χ3n) is 2.24. The fourth-order valence-electron chi connectivity index (χ4n) is 1.24. The van der Waals surface area contributed by atoms with Gasteiger partial charge in [0.05, 0.1) is 6.10 Å². The summed E-state index contributed by atoms with van der Waals surface area (Å²) in [4.78, 5) is 0. The van der Waals surface area contributed by atoms with E-state index in [2.05, 4.69) is 29.7 Å². The third-order valence-corrected chi connectivity index (χ3v) is 2.24. The predicted molar refractivity (Wildman–Crippen MR) is 64.3 cm³/mol. The van der Waals surface area contributed by atoms with Crippen LogP contribution in [-0.4, -0.2) is 32.8 Å². The van der Waals surface area contributed by atoms with Crippen LogP contribution in [0.1, 0.15) is 6.92 Å². The Bertz CT molecular complexity index is 251. The van der Waals surface area contributed by atoms with Crippen molar-refractivity contribution in [3.8, 4) is 0 Å².